The molecule has 0 radical (unpaired) electrons. The number of nitrogens with one attached hydrogen (secondary N) is 2. The molecule has 3 N–H and O–H groups in total. The Kier molecular flexibility index (Phi) is 13.7. The third-order valence-corrected chi connectivity index (χ3v) is 14.8. The summed E-state index contributed by atoms with van der Waals surface area (Å²) in [4.78, 5) is 45.3. The van der Waals surface area contributed by atoms with Crippen molar-refractivity contribution in [1.29, 1.82) is 0 Å². The van der Waals surface area contributed by atoms with E-state index in [1.807, 2.05) is 6.07 Å². The van der Waals surface area contributed by atoms with Crippen LogP contribution in [0.1, 0.15) is 59.3 Å². The highest BCUT2D eigenvalue weighted by atomic mass is 28.4. The first-order valence-electron chi connectivity index (χ1n) is 18.8. The number of aromatic nitrogens is 4. The molecule has 4 aromatic heterocycles. The molecule has 0 saturated carbocycles. The van der Waals surface area contributed by atoms with E-state index in [0.717, 1.165) is 69.2 Å². The maximum Gasteiger partial charge on any atom is 0.250 e. The van der Waals surface area contributed by atoms with Gasteiger partial charge in [-0.3, -0.25) is 9.59 Å². The van der Waals surface area contributed by atoms with Crippen LogP contribution in [0.5, 0.6) is 11.5 Å². The number of pyridine rings is 4. The lowest BCUT2D eigenvalue weighted by Gasteiger charge is -2.36. The van der Waals surface area contributed by atoms with Crippen LogP contribution < -0.4 is 24.9 Å². The van der Waals surface area contributed by atoms with Gasteiger partial charge < -0.3 is 30.0 Å². The fraction of sp³-hybridized carbons (Fsp3) is 0.450. The number of anilines is 4. The van der Waals surface area contributed by atoms with Crippen molar-refractivity contribution in [3.05, 3.63) is 85.0 Å². The van der Waals surface area contributed by atoms with Gasteiger partial charge in [0.05, 0.1) is 24.8 Å². The van der Waals surface area contributed by atoms with Crippen molar-refractivity contribution in [3.8, 4) is 11.5 Å². The van der Waals surface area contributed by atoms with Crippen molar-refractivity contribution in [2.24, 2.45) is 11.8 Å². The van der Waals surface area contributed by atoms with E-state index < -0.39 is 8.32 Å². The molecule has 0 unspecified atom stereocenters. The molecular weight excluding hydrogens is 723 g/mol. The lowest BCUT2D eigenvalue weighted by molar-refractivity contribution is -0.118. The molecular formula is C40H52F2N8O4Si. The third kappa shape index (κ3) is 12.4. The van der Waals surface area contributed by atoms with Gasteiger partial charge in [-0.25, -0.2) is 28.7 Å². The molecule has 0 bridgehead atoms. The minimum absolute atomic E-state index is 0.0241. The number of aromatic hydroxyl groups is 1. The molecule has 2 fully saturated rings. The molecule has 6 rings (SSSR count). The SMILES string of the molecule is CC(C)(C)[Si](C)(C)Oc1ccc(NC(=O)CC2CCN(c3ccc(F)cn3)CC2)nc1.O=C(CC1CCN(c2ccc(F)cn2)CC1)Nc1ccc(O)cn1. The second kappa shape index (κ2) is 18.4. The molecule has 6 heterocycles. The fourth-order valence-electron chi connectivity index (χ4n) is 6.18. The Labute approximate surface area is 322 Å². The molecule has 0 aromatic carbocycles. The third-order valence-electron chi connectivity index (χ3n) is 10.4. The van der Waals surface area contributed by atoms with Gasteiger partial charge in [-0.1, -0.05) is 20.8 Å². The molecule has 55 heavy (non-hydrogen) atoms. The molecule has 2 aliphatic heterocycles. The number of carbonyl (C=O) groups excluding carboxylic acids is 2. The summed E-state index contributed by atoms with van der Waals surface area (Å²) in [6.45, 7) is 14.2. The van der Waals surface area contributed by atoms with Gasteiger partial charge >= 0.3 is 0 Å². The molecule has 0 atom stereocenters. The molecule has 2 amide bonds. The van der Waals surface area contributed by atoms with E-state index in [1.165, 1.54) is 36.8 Å². The van der Waals surface area contributed by atoms with E-state index in [0.29, 0.717) is 36.3 Å². The van der Waals surface area contributed by atoms with Gasteiger partial charge in [0.1, 0.15) is 46.4 Å². The smallest absolute Gasteiger partial charge is 0.250 e. The van der Waals surface area contributed by atoms with Crippen LogP contribution in [-0.4, -0.2) is 71.4 Å². The summed E-state index contributed by atoms with van der Waals surface area (Å²) in [5, 5.41) is 14.9. The van der Waals surface area contributed by atoms with Crippen LogP contribution in [0.25, 0.3) is 0 Å². The summed E-state index contributed by atoms with van der Waals surface area (Å²) in [7, 11) is -1.91. The number of halogens is 2. The van der Waals surface area contributed by atoms with Crippen molar-refractivity contribution < 1.29 is 27.9 Å². The van der Waals surface area contributed by atoms with Crippen molar-refractivity contribution >= 4 is 43.4 Å². The topological polar surface area (TPSA) is 146 Å². The number of amides is 2. The number of piperidine rings is 2. The monoisotopic (exact) mass is 774 g/mol. The van der Waals surface area contributed by atoms with Crippen molar-refractivity contribution in [2.75, 3.05) is 46.6 Å². The van der Waals surface area contributed by atoms with Gasteiger partial charge in [-0.2, -0.15) is 0 Å². The predicted molar refractivity (Wildman–Crippen MR) is 213 cm³/mol. The van der Waals surface area contributed by atoms with Crippen LogP contribution in [-0.2, 0) is 9.59 Å². The Morgan fingerprint density at radius 1 is 0.709 bits per heavy atom. The van der Waals surface area contributed by atoms with E-state index in [2.05, 4.69) is 74.2 Å². The van der Waals surface area contributed by atoms with Crippen molar-refractivity contribution in [3.63, 3.8) is 0 Å². The first-order chi connectivity index (χ1) is 26.1. The number of rotatable bonds is 10. The van der Waals surface area contributed by atoms with Crippen LogP contribution in [0.15, 0.2) is 73.3 Å². The van der Waals surface area contributed by atoms with Gasteiger partial charge in [0.25, 0.3) is 8.32 Å². The van der Waals surface area contributed by atoms with Gasteiger partial charge in [0, 0.05) is 39.0 Å². The molecule has 15 heteroatoms. The lowest BCUT2D eigenvalue weighted by atomic mass is 9.93. The molecule has 0 spiro atoms. The first kappa shape index (κ1) is 41.0. The molecule has 2 saturated heterocycles. The number of hydrogen-bond donors (Lipinski definition) is 3. The predicted octanol–water partition coefficient (Wildman–Crippen LogP) is 7.81. The quantitative estimate of drug-likeness (QED) is 0.136. The molecule has 0 aliphatic carbocycles. The molecule has 4 aromatic rings. The summed E-state index contributed by atoms with van der Waals surface area (Å²) in [5.74, 6) is 3.19. The normalized spacial score (nSPS) is 15.5. The number of hydrogen-bond acceptors (Lipinski definition) is 10. The zero-order valence-electron chi connectivity index (χ0n) is 32.3. The summed E-state index contributed by atoms with van der Waals surface area (Å²) in [5.41, 5.74) is 0. The van der Waals surface area contributed by atoms with E-state index in [-0.39, 0.29) is 34.2 Å². The zero-order valence-corrected chi connectivity index (χ0v) is 33.3. The zero-order chi connectivity index (χ0) is 39.6. The highest BCUT2D eigenvalue weighted by Gasteiger charge is 2.39. The minimum atomic E-state index is -1.91. The highest BCUT2D eigenvalue weighted by Crippen LogP contribution is 2.37. The van der Waals surface area contributed by atoms with Gasteiger partial charge in [0.2, 0.25) is 11.8 Å². The molecule has 2 aliphatic rings. The Morgan fingerprint density at radius 2 is 1.16 bits per heavy atom. The standard InChI is InChI=1S/C23H33FN4O2Si.C17H19FN4O2/c1-23(2,3)31(4,5)30-19-7-8-20(25-16-19)27-22(29)14-17-10-12-28(13-11-17)21-9-6-18(24)15-26-21;18-13-1-4-16(20-10-13)22-7-5-12(6-8-22)9-17(24)21-15-3-2-14(23)11-19-15/h6-9,15-17H,10-14H2,1-5H3,(H,25,27,29);1-4,10-12,23H,5-9H2,(H,19,21,24). The van der Waals surface area contributed by atoms with Gasteiger partial charge in [-0.15, -0.1) is 0 Å². The van der Waals surface area contributed by atoms with Crippen LogP contribution >= 0.6 is 0 Å². The highest BCUT2D eigenvalue weighted by molar-refractivity contribution is 6.74. The second-order valence-electron chi connectivity index (χ2n) is 15.7. The molecule has 12 nitrogen and oxygen atoms in total. The van der Waals surface area contributed by atoms with Crippen LogP contribution in [0.4, 0.5) is 32.1 Å². The van der Waals surface area contributed by atoms with Crippen LogP contribution in [0.2, 0.25) is 18.1 Å². The van der Waals surface area contributed by atoms with Crippen LogP contribution in [0.3, 0.4) is 0 Å². The van der Waals surface area contributed by atoms with Gasteiger partial charge in [-0.05, 0) is 104 Å². The van der Waals surface area contributed by atoms with E-state index in [9.17, 15) is 23.5 Å². The second-order valence-corrected chi connectivity index (χ2v) is 20.4. The Morgan fingerprint density at radius 3 is 1.53 bits per heavy atom. The first-order valence-corrected chi connectivity index (χ1v) is 21.7. The maximum absolute atomic E-state index is 13.0. The molecule has 294 valence electrons. The number of nitrogens with zero attached hydrogens (tertiary/aromatic N) is 6. The maximum atomic E-state index is 13.0. The van der Waals surface area contributed by atoms with Crippen LogP contribution in [0, 0.1) is 23.5 Å². The summed E-state index contributed by atoms with van der Waals surface area (Å²) in [6, 6.07) is 12.9. The summed E-state index contributed by atoms with van der Waals surface area (Å²) < 4.78 is 32.2. The van der Waals surface area contributed by atoms with Gasteiger partial charge in [0.15, 0.2) is 0 Å². The van der Waals surface area contributed by atoms with Crippen molar-refractivity contribution in [1.82, 2.24) is 19.9 Å². The van der Waals surface area contributed by atoms with Crippen molar-refractivity contribution in [2.45, 2.75) is 77.4 Å². The number of carbonyl (C=O) groups is 2. The lowest BCUT2D eigenvalue weighted by Crippen LogP contribution is -2.43. The summed E-state index contributed by atoms with van der Waals surface area (Å²) >= 11 is 0. The van der Waals surface area contributed by atoms with E-state index >= 15 is 0 Å². The minimum Gasteiger partial charge on any atom is -0.542 e. The fourth-order valence-corrected chi connectivity index (χ4v) is 7.19. The largest absolute Gasteiger partial charge is 0.542 e. The average molecular weight is 775 g/mol. The summed E-state index contributed by atoms with van der Waals surface area (Å²) in [6.07, 6.45) is 9.92. The average Bonchev–Trinajstić information content (AvgIpc) is 3.14. The Bertz CT molecular complexity index is 1830. The Hall–Kier alpha value is -5.18. The Balaban J connectivity index is 0.000000218. The van der Waals surface area contributed by atoms with E-state index in [4.69, 9.17) is 4.43 Å². The van der Waals surface area contributed by atoms with E-state index in [1.54, 1.807) is 30.5 Å².